The molecule has 0 spiro atoms. The maximum atomic E-state index is 12.6. The van der Waals surface area contributed by atoms with Crippen LogP contribution >= 0.6 is 0 Å². The lowest BCUT2D eigenvalue weighted by Crippen LogP contribution is -2.49. The van der Waals surface area contributed by atoms with E-state index in [4.69, 9.17) is 15.0 Å². The van der Waals surface area contributed by atoms with E-state index < -0.39 is 5.97 Å². The largest absolute Gasteiger partial charge is 0.483 e. The SMILES string of the molecule is CCCCCNC(=O)CCC(=O)NCCNC(=O)CN1CCN(CC)CCN(CC=O)CCN(CC(=O)O)CC1.CO.O=CO. The summed E-state index contributed by atoms with van der Waals surface area (Å²) in [4.78, 5) is 75.5. The molecule has 0 aromatic heterocycles. The Labute approximate surface area is 267 Å². The Bertz CT molecular complexity index is 821. The predicted molar refractivity (Wildman–Crippen MR) is 170 cm³/mol. The number of aliphatic carboxylic acids is 1. The Morgan fingerprint density at radius 1 is 0.644 bits per heavy atom. The van der Waals surface area contributed by atoms with Crippen LogP contribution in [-0.4, -0.2) is 177 Å². The maximum Gasteiger partial charge on any atom is 0.317 e. The van der Waals surface area contributed by atoms with Gasteiger partial charge < -0.3 is 41.0 Å². The topological polar surface area (TPSA) is 212 Å². The van der Waals surface area contributed by atoms with Crippen LogP contribution < -0.4 is 16.0 Å². The van der Waals surface area contributed by atoms with Gasteiger partial charge in [0.2, 0.25) is 17.7 Å². The van der Waals surface area contributed by atoms with E-state index in [0.29, 0.717) is 52.4 Å². The zero-order valence-corrected chi connectivity index (χ0v) is 27.4. The van der Waals surface area contributed by atoms with Gasteiger partial charge in [-0.3, -0.25) is 38.7 Å². The summed E-state index contributed by atoms with van der Waals surface area (Å²) < 4.78 is 0. The first kappa shape index (κ1) is 43.9. The predicted octanol–water partition coefficient (Wildman–Crippen LogP) is -1.86. The number of likely N-dealkylation sites (N-methyl/N-ethyl adjacent to an activating group) is 1. The van der Waals surface area contributed by atoms with Crippen molar-refractivity contribution >= 4 is 36.4 Å². The quantitative estimate of drug-likeness (QED) is 0.0756. The highest BCUT2D eigenvalue weighted by Crippen LogP contribution is 2.01. The molecule has 1 fully saturated rings. The van der Waals surface area contributed by atoms with E-state index in [0.717, 1.165) is 52.3 Å². The molecule has 1 heterocycles. The van der Waals surface area contributed by atoms with Gasteiger partial charge in [-0.05, 0) is 13.0 Å². The Hall–Kier alpha value is -3.18. The number of rotatable bonds is 17. The minimum atomic E-state index is -0.912. The number of nitrogens with zero attached hydrogens (tertiary/aromatic N) is 4. The van der Waals surface area contributed by atoms with Crippen molar-refractivity contribution in [2.24, 2.45) is 0 Å². The molecule has 3 amide bonds. The van der Waals surface area contributed by atoms with Crippen LogP contribution in [0.4, 0.5) is 0 Å². The van der Waals surface area contributed by atoms with Crippen molar-refractivity contribution in [3.05, 3.63) is 0 Å². The first-order valence-corrected chi connectivity index (χ1v) is 15.6. The molecule has 1 aliphatic heterocycles. The number of carboxylic acids is 1. The van der Waals surface area contributed by atoms with Gasteiger partial charge in [0.05, 0.1) is 19.6 Å². The van der Waals surface area contributed by atoms with Gasteiger partial charge in [0, 0.05) is 91.9 Å². The number of carbonyl (C=O) groups excluding carboxylic acids is 4. The Morgan fingerprint density at radius 3 is 1.51 bits per heavy atom. The standard InChI is InChI=1S/C27H51N7O6.CH2O2.CH4O/c1-3-5-6-9-28-24(36)7-8-25(37)29-10-11-30-26(38)22-33-16-13-31(4-2)12-14-32(20-21-35)15-17-34(19-18-33)23-27(39)40;2-1-3;1-2/h21H,3-20,22-23H2,1-2H3,(H,28,36)(H,29,37)(H,30,38)(H,39,40);1H,(H,2,3);2H,1H3. The number of nitrogens with one attached hydrogen (secondary N) is 3. The molecule has 0 bridgehead atoms. The van der Waals surface area contributed by atoms with E-state index in [1.54, 1.807) is 0 Å². The van der Waals surface area contributed by atoms with Crippen molar-refractivity contribution in [3.63, 3.8) is 0 Å². The Kier molecular flexibility index (Phi) is 30.1. The molecular weight excluding hydrogens is 590 g/mol. The van der Waals surface area contributed by atoms with Gasteiger partial charge in [-0.2, -0.15) is 0 Å². The number of aliphatic hydroxyl groups is 1. The van der Waals surface area contributed by atoms with Crippen molar-refractivity contribution in [2.45, 2.75) is 46.0 Å². The van der Waals surface area contributed by atoms with Crippen molar-refractivity contribution in [2.75, 3.05) is 105 Å². The molecule has 0 aliphatic carbocycles. The second-order valence-corrected chi connectivity index (χ2v) is 10.2. The highest BCUT2D eigenvalue weighted by molar-refractivity contribution is 5.83. The fraction of sp³-hybridized carbons (Fsp3) is 0.793. The molecule has 0 radical (unpaired) electrons. The summed E-state index contributed by atoms with van der Waals surface area (Å²) in [6.07, 6.45) is 4.21. The Balaban J connectivity index is 0. The highest BCUT2D eigenvalue weighted by Gasteiger charge is 2.19. The molecule has 0 saturated carbocycles. The van der Waals surface area contributed by atoms with Crippen molar-refractivity contribution in [3.8, 4) is 0 Å². The van der Waals surface area contributed by atoms with Crippen LogP contribution in [0.3, 0.4) is 0 Å². The van der Waals surface area contributed by atoms with Crippen LogP contribution in [0.5, 0.6) is 0 Å². The third kappa shape index (κ3) is 26.9. The minimum Gasteiger partial charge on any atom is -0.483 e. The van der Waals surface area contributed by atoms with Gasteiger partial charge in [-0.25, -0.2) is 0 Å². The molecular formula is C29H57N7O9. The summed E-state index contributed by atoms with van der Waals surface area (Å²) in [5.74, 6) is -1.44. The number of amides is 3. The molecule has 6 N–H and O–H groups in total. The highest BCUT2D eigenvalue weighted by atomic mass is 16.4. The first-order valence-electron chi connectivity index (χ1n) is 15.6. The third-order valence-electron chi connectivity index (χ3n) is 6.89. The van der Waals surface area contributed by atoms with Crippen LogP contribution in [0.25, 0.3) is 0 Å². The summed E-state index contributed by atoms with van der Waals surface area (Å²) in [5, 5.41) is 31.6. The van der Waals surface area contributed by atoms with E-state index in [1.807, 2.05) is 14.7 Å². The number of hydrogen-bond acceptors (Lipinski definition) is 11. The molecule has 0 atom stereocenters. The number of aldehydes is 1. The Morgan fingerprint density at radius 2 is 1.07 bits per heavy atom. The molecule has 1 saturated heterocycles. The fourth-order valence-corrected chi connectivity index (χ4v) is 4.36. The second kappa shape index (κ2) is 30.8. The molecule has 16 nitrogen and oxygen atoms in total. The molecule has 0 aromatic rings. The normalized spacial score (nSPS) is 15.4. The minimum absolute atomic E-state index is 0.101. The lowest BCUT2D eigenvalue weighted by atomic mass is 10.2. The zero-order chi connectivity index (χ0) is 34.3. The molecule has 0 unspecified atom stereocenters. The van der Waals surface area contributed by atoms with Crippen molar-refractivity contribution in [1.29, 1.82) is 0 Å². The van der Waals surface area contributed by atoms with Crippen LogP contribution in [0.1, 0.15) is 46.0 Å². The summed E-state index contributed by atoms with van der Waals surface area (Å²) in [5.41, 5.74) is 0. The van der Waals surface area contributed by atoms with Crippen LogP contribution in [0.2, 0.25) is 0 Å². The molecule has 0 aromatic carbocycles. The molecule has 262 valence electrons. The van der Waals surface area contributed by atoms with E-state index >= 15 is 0 Å². The number of carbonyl (C=O) groups is 6. The van der Waals surface area contributed by atoms with Gasteiger partial charge in [0.1, 0.15) is 6.29 Å². The summed E-state index contributed by atoms with van der Waals surface area (Å²) >= 11 is 0. The van der Waals surface area contributed by atoms with Gasteiger partial charge >= 0.3 is 5.97 Å². The number of aliphatic hydroxyl groups excluding tert-OH is 1. The molecule has 45 heavy (non-hydrogen) atoms. The molecule has 1 rings (SSSR count). The van der Waals surface area contributed by atoms with E-state index in [9.17, 15) is 29.1 Å². The van der Waals surface area contributed by atoms with Crippen LogP contribution in [-0.2, 0) is 28.8 Å². The van der Waals surface area contributed by atoms with Gasteiger partial charge in [-0.1, -0.05) is 26.7 Å². The summed E-state index contributed by atoms with van der Waals surface area (Å²) in [6, 6.07) is 0. The average Bonchev–Trinajstić information content (AvgIpc) is 3.01. The second-order valence-electron chi connectivity index (χ2n) is 10.2. The first-order chi connectivity index (χ1) is 21.7. The molecule has 16 heteroatoms. The van der Waals surface area contributed by atoms with Crippen LogP contribution in [0.15, 0.2) is 0 Å². The zero-order valence-electron chi connectivity index (χ0n) is 27.4. The van der Waals surface area contributed by atoms with E-state index in [-0.39, 0.29) is 63.2 Å². The maximum absolute atomic E-state index is 12.6. The van der Waals surface area contributed by atoms with Gasteiger partial charge in [-0.15, -0.1) is 0 Å². The van der Waals surface area contributed by atoms with Gasteiger partial charge in [0.15, 0.2) is 0 Å². The average molecular weight is 648 g/mol. The summed E-state index contributed by atoms with van der Waals surface area (Å²) in [6.45, 7) is 11.4. The lowest BCUT2D eigenvalue weighted by Gasteiger charge is -2.32. The molecule has 1 aliphatic rings. The monoisotopic (exact) mass is 647 g/mol. The number of unbranched alkanes of at least 4 members (excludes halogenated alkanes) is 2. The van der Waals surface area contributed by atoms with Crippen molar-refractivity contribution < 1.29 is 44.1 Å². The third-order valence-corrected chi connectivity index (χ3v) is 6.89. The number of hydrogen-bond donors (Lipinski definition) is 6. The smallest absolute Gasteiger partial charge is 0.317 e. The number of carboxylic acid groups (broad SMARTS) is 2. The fourth-order valence-electron chi connectivity index (χ4n) is 4.36. The van der Waals surface area contributed by atoms with E-state index in [2.05, 4.69) is 34.7 Å². The van der Waals surface area contributed by atoms with Crippen molar-refractivity contribution in [1.82, 2.24) is 35.6 Å². The van der Waals surface area contributed by atoms with E-state index in [1.165, 1.54) is 0 Å². The van der Waals surface area contributed by atoms with Gasteiger partial charge in [0.25, 0.3) is 6.47 Å². The van der Waals surface area contributed by atoms with Crippen LogP contribution in [0, 0.1) is 0 Å². The lowest BCUT2D eigenvalue weighted by molar-refractivity contribution is -0.138. The summed E-state index contributed by atoms with van der Waals surface area (Å²) in [7, 11) is 1.00.